The Labute approximate surface area is 198 Å². The quantitative estimate of drug-likeness (QED) is 0.251. The van der Waals surface area contributed by atoms with Gasteiger partial charge >= 0.3 is 0 Å². The van der Waals surface area contributed by atoms with E-state index in [0.29, 0.717) is 10.7 Å². The molecule has 0 bridgehead atoms. The number of amides is 1. The maximum atomic E-state index is 13.5. The number of aromatic nitrogens is 1. The number of hydrazone groups is 1. The number of ether oxygens (including phenoxy) is 1. The molecule has 0 saturated carbocycles. The maximum Gasteiger partial charge on any atom is 0.280 e. The summed E-state index contributed by atoms with van der Waals surface area (Å²) in [6.45, 7) is 8.50. The average molecular weight is 458 g/mol. The Balaban J connectivity index is 1.72. The van der Waals surface area contributed by atoms with Crippen molar-refractivity contribution in [3.8, 4) is 5.75 Å². The molecule has 1 aromatic heterocycles. The lowest BCUT2D eigenvalue weighted by molar-refractivity contribution is 0.0988. The molecule has 0 N–H and O–H groups in total. The van der Waals surface area contributed by atoms with Crippen LogP contribution in [0.4, 0.5) is 5.13 Å². The number of thiazole rings is 1. The van der Waals surface area contributed by atoms with Crippen LogP contribution in [0.25, 0.3) is 10.2 Å². The number of hydrogen-bond acceptors (Lipinski definition) is 5. The van der Waals surface area contributed by atoms with Gasteiger partial charge in [-0.3, -0.25) is 4.79 Å². The minimum Gasteiger partial charge on any atom is -0.497 e. The van der Waals surface area contributed by atoms with Crippen molar-refractivity contribution in [2.24, 2.45) is 5.10 Å². The van der Waals surface area contributed by atoms with E-state index >= 15 is 0 Å². The van der Waals surface area contributed by atoms with Gasteiger partial charge in [0.2, 0.25) is 5.13 Å². The summed E-state index contributed by atoms with van der Waals surface area (Å²) >= 11 is 1.45. The highest BCUT2D eigenvalue weighted by Gasteiger charge is 2.22. The average Bonchev–Trinajstić information content (AvgIpc) is 3.21. The van der Waals surface area contributed by atoms with Crippen molar-refractivity contribution in [3.63, 3.8) is 0 Å². The standard InChI is InChI=1S/C27H27N3O2S/c1-18-6-15-23-24(16-18)33-26(29-23)30(28-17-19-7-13-22(32-5)14-8-19)25(31)20-9-11-21(12-10-20)27(2,3)4/h6-17H,1-5H3/b28-17+. The first kappa shape index (κ1) is 22.7. The van der Waals surface area contributed by atoms with Crippen LogP contribution in [0, 0.1) is 6.92 Å². The van der Waals surface area contributed by atoms with Crippen LogP contribution in [0.3, 0.4) is 0 Å². The molecule has 0 radical (unpaired) electrons. The first-order valence-electron chi connectivity index (χ1n) is 10.7. The van der Waals surface area contributed by atoms with Crippen LogP contribution in [-0.2, 0) is 5.41 Å². The van der Waals surface area contributed by atoms with Crippen LogP contribution < -0.4 is 9.75 Å². The lowest BCUT2D eigenvalue weighted by Gasteiger charge is -2.19. The number of anilines is 1. The van der Waals surface area contributed by atoms with Crippen molar-refractivity contribution in [2.75, 3.05) is 12.1 Å². The van der Waals surface area contributed by atoms with E-state index in [9.17, 15) is 4.79 Å². The highest BCUT2D eigenvalue weighted by molar-refractivity contribution is 7.22. The lowest BCUT2D eigenvalue weighted by atomic mass is 9.87. The topological polar surface area (TPSA) is 54.8 Å². The second-order valence-electron chi connectivity index (χ2n) is 8.93. The highest BCUT2D eigenvalue weighted by Crippen LogP contribution is 2.31. The maximum absolute atomic E-state index is 13.5. The number of carbonyl (C=O) groups is 1. The predicted octanol–water partition coefficient (Wildman–Crippen LogP) is 6.59. The number of aryl methyl sites for hydroxylation is 1. The van der Waals surface area contributed by atoms with Crippen LogP contribution in [0.15, 0.2) is 71.8 Å². The van der Waals surface area contributed by atoms with Crippen LogP contribution in [0.5, 0.6) is 5.75 Å². The number of rotatable bonds is 5. The molecule has 0 atom stereocenters. The van der Waals surface area contributed by atoms with E-state index < -0.39 is 0 Å². The zero-order chi connectivity index (χ0) is 23.6. The van der Waals surface area contributed by atoms with E-state index in [2.05, 4.69) is 36.9 Å². The van der Waals surface area contributed by atoms with Crippen LogP contribution in [0.2, 0.25) is 0 Å². The van der Waals surface area contributed by atoms with Crippen LogP contribution >= 0.6 is 11.3 Å². The smallest absolute Gasteiger partial charge is 0.280 e. The van der Waals surface area contributed by atoms with Gasteiger partial charge in [-0.1, -0.05) is 50.3 Å². The zero-order valence-corrected chi connectivity index (χ0v) is 20.3. The molecular weight excluding hydrogens is 430 g/mol. The summed E-state index contributed by atoms with van der Waals surface area (Å²) in [5, 5.41) is 6.47. The molecule has 0 spiro atoms. The third kappa shape index (κ3) is 5.12. The fourth-order valence-electron chi connectivity index (χ4n) is 3.35. The van der Waals surface area contributed by atoms with Gasteiger partial charge in [0.25, 0.3) is 5.91 Å². The minimum atomic E-state index is -0.226. The molecule has 0 saturated heterocycles. The van der Waals surface area contributed by atoms with Gasteiger partial charge < -0.3 is 4.74 Å². The Morgan fingerprint density at radius 2 is 1.73 bits per heavy atom. The van der Waals surface area contributed by atoms with Gasteiger partial charge in [-0.05, 0) is 77.6 Å². The van der Waals surface area contributed by atoms with Crippen molar-refractivity contribution in [3.05, 3.63) is 89.0 Å². The molecule has 4 rings (SSSR count). The third-order valence-corrected chi connectivity index (χ3v) is 6.34. The zero-order valence-electron chi connectivity index (χ0n) is 19.5. The van der Waals surface area contributed by atoms with Gasteiger partial charge in [0, 0.05) is 5.56 Å². The van der Waals surface area contributed by atoms with Crippen molar-refractivity contribution >= 4 is 38.8 Å². The molecular formula is C27H27N3O2S. The molecule has 1 amide bonds. The second-order valence-corrected chi connectivity index (χ2v) is 9.94. The third-order valence-electron chi connectivity index (χ3n) is 5.34. The summed E-state index contributed by atoms with van der Waals surface area (Å²) in [5.74, 6) is 0.538. The summed E-state index contributed by atoms with van der Waals surface area (Å²) < 4.78 is 6.24. The van der Waals surface area contributed by atoms with E-state index in [1.54, 1.807) is 13.3 Å². The number of benzene rings is 3. The summed E-state index contributed by atoms with van der Waals surface area (Å²) in [7, 11) is 1.63. The Kier molecular flexibility index (Phi) is 6.29. The highest BCUT2D eigenvalue weighted by atomic mass is 32.1. The molecule has 6 heteroatoms. The molecule has 168 valence electrons. The van der Waals surface area contributed by atoms with Crippen molar-refractivity contribution in [1.82, 2.24) is 4.98 Å². The summed E-state index contributed by atoms with van der Waals surface area (Å²) in [4.78, 5) is 18.2. The summed E-state index contributed by atoms with van der Waals surface area (Å²) in [6.07, 6.45) is 1.66. The Morgan fingerprint density at radius 3 is 2.36 bits per heavy atom. The Hall–Kier alpha value is -3.51. The van der Waals surface area contributed by atoms with Crippen molar-refractivity contribution in [1.29, 1.82) is 0 Å². The SMILES string of the molecule is COc1ccc(/C=N/N(C(=O)c2ccc(C(C)(C)C)cc2)c2nc3ccc(C)cc3s2)cc1. The number of carbonyl (C=O) groups excluding carboxylic acids is 1. The van der Waals surface area contributed by atoms with E-state index in [1.807, 2.05) is 67.6 Å². The first-order valence-corrected chi connectivity index (χ1v) is 11.6. The first-order chi connectivity index (χ1) is 15.7. The largest absolute Gasteiger partial charge is 0.497 e. The molecule has 4 aromatic rings. The van der Waals surface area contributed by atoms with E-state index in [0.717, 1.165) is 27.1 Å². The fraction of sp³-hybridized carbons (Fsp3) is 0.222. The van der Waals surface area contributed by atoms with Gasteiger partial charge in [-0.25, -0.2) is 4.98 Å². The molecule has 5 nitrogen and oxygen atoms in total. The van der Waals surface area contributed by atoms with Gasteiger partial charge in [0.15, 0.2) is 0 Å². The number of nitrogens with zero attached hydrogens (tertiary/aromatic N) is 3. The summed E-state index contributed by atoms with van der Waals surface area (Å²) in [5.41, 5.74) is 4.59. The van der Waals surface area contributed by atoms with Gasteiger partial charge in [0.05, 0.1) is 23.5 Å². The normalized spacial score (nSPS) is 11.8. The number of fused-ring (bicyclic) bond motifs is 1. The van der Waals surface area contributed by atoms with Crippen molar-refractivity contribution < 1.29 is 9.53 Å². The van der Waals surface area contributed by atoms with Crippen LogP contribution in [0.1, 0.15) is 47.8 Å². The fourth-order valence-corrected chi connectivity index (χ4v) is 4.37. The monoisotopic (exact) mass is 457 g/mol. The number of hydrogen-bond donors (Lipinski definition) is 0. The minimum absolute atomic E-state index is 0.0126. The molecule has 1 heterocycles. The van der Waals surface area contributed by atoms with E-state index in [1.165, 1.54) is 21.9 Å². The molecule has 0 unspecified atom stereocenters. The van der Waals surface area contributed by atoms with Gasteiger partial charge in [-0.2, -0.15) is 10.1 Å². The Bertz CT molecular complexity index is 1300. The molecule has 0 aliphatic carbocycles. The summed E-state index contributed by atoms with van der Waals surface area (Å²) in [6, 6.07) is 21.3. The molecule has 3 aromatic carbocycles. The van der Waals surface area contributed by atoms with Gasteiger partial charge in [-0.15, -0.1) is 0 Å². The number of methoxy groups -OCH3 is 1. The second kappa shape index (κ2) is 9.16. The molecule has 0 aliphatic heterocycles. The molecule has 0 aliphatic rings. The lowest BCUT2D eigenvalue weighted by Crippen LogP contribution is -2.25. The van der Waals surface area contributed by atoms with Gasteiger partial charge in [0.1, 0.15) is 5.75 Å². The Morgan fingerprint density at radius 1 is 1.03 bits per heavy atom. The van der Waals surface area contributed by atoms with Crippen molar-refractivity contribution in [2.45, 2.75) is 33.1 Å². The predicted molar refractivity (Wildman–Crippen MR) is 137 cm³/mol. The van der Waals surface area contributed by atoms with E-state index in [4.69, 9.17) is 4.74 Å². The van der Waals surface area contributed by atoms with Crippen LogP contribution in [-0.4, -0.2) is 24.2 Å². The molecule has 0 fully saturated rings. The molecule has 33 heavy (non-hydrogen) atoms. The van der Waals surface area contributed by atoms with E-state index in [-0.39, 0.29) is 11.3 Å².